The van der Waals surface area contributed by atoms with Crippen LogP contribution in [0.1, 0.15) is 18.4 Å². The molecule has 1 aromatic rings. The third-order valence-corrected chi connectivity index (χ3v) is 2.68. The van der Waals surface area contributed by atoms with Gasteiger partial charge in [0.05, 0.1) is 5.69 Å². The number of allylic oxidation sites excluding steroid dienone is 1. The summed E-state index contributed by atoms with van der Waals surface area (Å²) in [5.74, 6) is 1.05. The number of nitrogen functional groups attached to an aromatic ring is 1. The Morgan fingerprint density at radius 2 is 2.27 bits per heavy atom. The predicted octanol–water partition coefficient (Wildman–Crippen LogP) is 2.88. The first-order valence-electron chi connectivity index (χ1n) is 5.08. The van der Waals surface area contributed by atoms with Gasteiger partial charge in [-0.25, -0.2) is 0 Å². The summed E-state index contributed by atoms with van der Waals surface area (Å²) in [6.07, 6.45) is 5.98. The van der Waals surface area contributed by atoms with Crippen molar-refractivity contribution >= 4 is 5.69 Å². The molecule has 2 rings (SSSR count). The van der Waals surface area contributed by atoms with E-state index in [1.54, 1.807) is 0 Å². The number of rotatable bonds is 2. The zero-order valence-electron chi connectivity index (χ0n) is 8.81. The average molecular weight is 201 g/mol. The van der Waals surface area contributed by atoms with Crippen molar-refractivity contribution in [3.05, 3.63) is 48.6 Å². The lowest BCUT2D eigenvalue weighted by atomic mass is 9.94. The molecule has 0 saturated carbocycles. The maximum absolute atomic E-state index is 5.86. The van der Waals surface area contributed by atoms with Gasteiger partial charge in [-0.1, -0.05) is 36.9 Å². The van der Waals surface area contributed by atoms with E-state index >= 15 is 0 Å². The lowest BCUT2D eigenvalue weighted by molar-refractivity contribution is 0.272. The van der Waals surface area contributed by atoms with Gasteiger partial charge in [0.1, 0.15) is 11.9 Å². The second kappa shape index (κ2) is 3.81. The van der Waals surface area contributed by atoms with E-state index in [4.69, 9.17) is 10.5 Å². The van der Waals surface area contributed by atoms with E-state index in [9.17, 15) is 0 Å². The Bertz CT molecular complexity index is 409. The van der Waals surface area contributed by atoms with E-state index in [0.29, 0.717) is 5.69 Å². The molecule has 1 aliphatic rings. The van der Waals surface area contributed by atoms with Crippen LogP contribution in [-0.2, 0) is 0 Å². The molecule has 2 heteroatoms. The molecular formula is C13H15NO. The van der Waals surface area contributed by atoms with E-state index in [0.717, 1.165) is 11.3 Å². The minimum Gasteiger partial charge on any atom is -0.483 e. The van der Waals surface area contributed by atoms with Crippen molar-refractivity contribution in [2.24, 2.45) is 0 Å². The minimum atomic E-state index is 0.000833. The molecule has 0 aromatic heterocycles. The first-order chi connectivity index (χ1) is 7.27. The summed E-state index contributed by atoms with van der Waals surface area (Å²) < 4.78 is 5.76. The van der Waals surface area contributed by atoms with Gasteiger partial charge in [0, 0.05) is 11.5 Å². The van der Waals surface area contributed by atoms with Crippen molar-refractivity contribution in [2.75, 3.05) is 5.73 Å². The fourth-order valence-electron chi connectivity index (χ4n) is 1.97. The lowest BCUT2D eigenvalue weighted by Crippen LogP contribution is -2.13. The van der Waals surface area contributed by atoms with Gasteiger partial charge in [0.2, 0.25) is 0 Å². The first kappa shape index (κ1) is 9.84. The monoisotopic (exact) mass is 201 g/mol. The largest absolute Gasteiger partial charge is 0.483 e. The van der Waals surface area contributed by atoms with Crippen LogP contribution in [0.2, 0.25) is 0 Å². The second-order valence-electron chi connectivity index (χ2n) is 3.64. The van der Waals surface area contributed by atoms with Crippen molar-refractivity contribution in [3.63, 3.8) is 0 Å². The number of fused-ring (bicyclic) bond motifs is 1. The van der Waals surface area contributed by atoms with Crippen LogP contribution in [-0.4, -0.2) is 6.10 Å². The molecule has 1 heterocycles. The van der Waals surface area contributed by atoms with Crippen LogP contribution in [0, 0.1) is 0 Å². The molecule has 0 aliphatic carbocycles. The maximum Gasteiger partial charge on any atom is 0.147 e. The van der Waals surface area contributed by atoms with Crippen LogP contribution in [0.25, 0.3) is 0 Å². The highest BCUT2D eigenvalue weighted by atomic mass is 16.5. The standard InChI is InChI=1S/C13H15NO/c1-3-6-9-10-7-5-8-11(14)13(10)15-12(9)4-2/h3-9,12H,2,14H2,1H3/b6-3-. The Morgan fingerprint density at radius 3 is 2.93 bits per heavy atom. The summed E-state index contributed by atoms with van der Waals surface area (Å²) in [6, 6.07) is 5.87. The molecule has 15 heavy (non-hydrogen) atoms. The zero-order chi connectivity index (χ0) is 10.8. The van der Waals surface area contributed by atoms with Crippen molar-refractivity contribution in [2.45, 2.75) is 18.9 Å². The van der Waals surface area contributed by atoms with E-state index in [2.05, 4.69) is 18.7 Å². The zero-order valence-corrected chi connectivity index (χ0v) is 8.81. The van der Waals surface area contributed by atoms with Gasteiger partial charge in [0.15, 0.2) is 0 Å². The highest BCUT2D eigenvalue weighted by Gasteiger charge is 2.31. The summed E-state index contributed by atoms with van der Waals surface area (Å²) in [5.41, 5.74) is 7.72. The molecule has 0 fully saturated rings. The molecule has 2 nitrogen and oxygen atoms in total. The van der Waals surface area contributed by atoms with Crippen LogP contribution in [0.15, 0.2) is 43.0 Å². The Labute approximate surface area is 90.1 Å². The van der Waals surface area contributed by atoms with Crippen LogP contribution in [0.5, 0.6) is 5.75 Å². The molecule has 78 valence electrons. The fraction of sp³-hybridized carbons (Fsp3) is 0.231. The summed E-state index contributed by atoms with van der Waals surface area (Å²) in [6.45, 7) is 5.79. The van der Waals surface area contributed by atoms with Gasteiger partial charge in [-0.15, -0.1) is 0 Å². The topological polar surface area (TPSA) is 35.2 Å². The summed E-state index contributed by atoms with van der Waals surface area (Å²) in [5, 5.41) is 0. The SMILES string of the molecule is C=CC1Oc2c(N)cccc2C1/C=C\C. The Morgan fingerprint density at radius 1 is 1.47 bits per heavy atom. The Hall–Kier alpha value is -1.70. The highest BCUT2D eigenvalue weighted by Crippen LogP contribution is 2.42. The van der Waals surface area contributed by atoms with Crippen molar-refractivity contribution in [1.29, 1.82) is 0 Å². The number of hydrogen-bond donors (Lipinski definition) is 1. The molecule has 0 spiro atoms. The quantitative estimate of drug-likeness (QED) is 0.590. The van der Waals surface area contributed by atoms with Crippen molar-refractivity contribution in [1.82, 2.24) is 0 Å². The van der Waals surface area contributed by atoms with Crippen LogP contribution in [0.4, 0.5) is 5.69 Å². The second-order valence-corrected chi connectivity index (χ2v) is 3.64. The molecule has 2 N–H and O–H groups in total. The van der Waals surface area contributed by atoms with Gasteiger partial charge in [-0.2, -0.15) is 0 Å². The number of benzene rings is 1. The minimum absolute atomic E-state index is 0.000833. The molecular weight excluding hydrogens is 186 g/mol. The lowest BCUT2D eigenvalue weighted by Gasteiger charge is -2.10. The van der Waals surface area contributed by atoms with Gasteiger partial charge in [-0.05, 0) is 13.0 Å². The van der Waals surface area contributed by atoms with E-state index in [-0.39, 0.29) is 12.0 Å². The number of nitrogens with two attached hydrogens (primary N) is 1. The smallest absolute Gasteiger partial charge is 0.147 e. The van der Waals surface area contributed by atoms with E-state index in [1.807, 2.05) is 31.2 Å². The molecule has 0 amide bonds. The van der Waals surface area contributed by atoms with Gasteiger partial charge < -0.3 is 10.5 Å². The molecule has 1 aliphatic heterocycles. The van der Waals surface area contributed by atoms with E-state index < -0.39 is 0 Å². The van der Waals surface area contributed by atoms with Crippen molar-refractivity contribution in [3.8, 4) is 5.75 Å². The summed E-state index contributed by atoms with van der Waals surface area (Å²) >= 11 is 0. The van der Waals surface area contributed by atoms with Crippen LogP contribution in [0.3, 0.4) is 0 Å². The number of hydrogen-bond acceptors (Lipinski definition) is 2. The highest BCUT2D eigenvalue weighted by molar-refractivity contribution is 5.61. The number of ether oxygens (including phenoxy) is 1. The van der Waals surface area contributed by atoms with Gasteiger partial charge in [-0.3, -0.25) is 0 Å². The predicted molar refractivity (Wildman–Crippen MR) is 63.0 cm³/mol. The Balaban J connectivity index is 2.48. The summed E-state index contributed by atoms with van der Waals surface area (Å²) in [7, 11) is 0. The molecule has 0 saturated heterocycles. The average Bonchev–Trinajstić information content (AvgIpc) is 2.59. The number of anilines is 1. The van der Waals surface area contributed by atoms with E-state index in [1.165, 1.54) is 0 Å². The fourth-order valence-corrected chi connectivity index (χ4v) is 1.97. The first-order valence-corrected chi connectivity index (χ1v) is 5.08. The third-order valence-electron chi connectivity index (χ3n) is 2.68. The molecule has 0 radical (unpaired) electrons. The van der Waals surface area contributed by atoms with Crippen LogP contribution >= 0.6 is 0 Å². The number of para-hydroxylation sites is 1. The summed E-state index contributed by atoms with van der Waals surface area (Å²) in [4.78, 5) is 0. The van der Waals surface area contributed by atoms with Crippen LogP contribution < -0.4 is 10.5 Å². The molecule has 1 aromatic carbocycles. The third kappa shape index (κ3) is 1.52. The Kier molecular flexibility index (Phi) is 2.50. The van der Waals surface area contributed by atoms with Gasteiger partial charge in [0.25, 0.3) is 0 Å². The maximum atomic E-state index is 5.86. The van der Waals surface area contributed by atoms with Crippen molar-refractivity contribution < 1.29 is 4.74 Å². The molecule has 2 atom stereocenters. The van der Waals surface area contributed by atoms with Gasteiger partial charge >= 0.3 is 0 Å². The normalized spacial score (nSPS) is 23.8. The molecule has 0 bridgehead atoms. The molecule has 2 unspecified atom stereocenters.